The third-order valence-electron chi connectivity index (χ3n) is 5.86. The zero-order valence-electron chi connectivity index (χ0n) is 17.3. The number of benzene rings is 3. The number of rotatable bonds is 4. The normalized spacial score (nSPS) is 17.3. The van der Waals surface area contributed by atoms with Crippen molar-refractivity contribution in [3.63, 3.8) is 0 Å². The Morgan fingerprint density at radius 1 is 0.931 bits per heavy atom. The summed E-state index contributed by atoms with van der Waals surface area (Å²) in [5.74, 6) is 0.863. The largest absolute Gasteiger partial charge is 0.508 e. The number of likely N-dealkylation sites (N-methyl/N-ethyl adjacent to an activating group) is 1. The average molecular weight is 408 g/mol. The Bertz CT molecular complexity index is 1010. The minimum absolute atomic E-state index is 0. The molecule has 1 aliphatic rings. The predicted molar refractivity (Wildman–Crippen MR) is 126 cm³/mol. The highest BCUT2D eigenvalue weighted by Crippen LogP contribution is 2.40. The third-order valence-corrected chi connectivity index (χ3v) is 5.86. The van der Waals surface area contributed by atoms with E-state index >= 15 is 0 Å². The van der Waals surface area contributed by atoms with Gasteiger partial charge in [-0.25, -0.2) is 0 Å². The monoisotopic (exact) mass is 407 g/mol. The number of aromatic hydroxyl groups is 1. The summed E-state index contributed by atoms with van der Waals surface area (Å²) in [6, 6.07) is 23.3. The van der Waals surface area contributed by atoms with Crippen LogP contribution in [-0.2, 0) is 0 Å². The van der Waals surface area contributed by atoms with Crippen LogP contribution in [0.1, 0.15) is 42.7 Å². The van der Waals surface area contributed by atoms with E-state index < -0.39 is 0 Å². The van der Waals surface area contributed by atoms with Crippen molar-refractivity contribution >= 4 is 28.8 Å². The second-order valence-electron chi connectivity index (χ2n) is 8.27. The molecular weight excluding hydrogens is 378 g/mol. The van der Waals surface area contributed by atoms with Gasteiger partial charge >= 0.3 is 0 Å². The zero-order chi connectivity index (χ0) is 19.5. The van der Waals surface area contributed by atoms with E-state index in [9.17, 15) is 5.11 Å². The summed E-state index contributed by atoms with van der Waals surface area (Å²) in [5.41, 5.74) is 5.53. The van der Waals surface area contributed by atoms with Gasteiger partial charge in [0, 0.05) is 6.54 Å². The lowest BCUT2D eigenvalue weighted by Crippen LogP contribution is -2.16. The van der Waals surface area contributed by atoms with Crippen molar-refractivity contribution in [3.05, 3.63) is 83.4 Å². The van der Waals surface area contributed by atoms with E-state index in [0.29, 0.717) is 11.7 Å². The van der Waals surface area contributed by atoms with Crippen molar-refractivity contribution in [3.8, 4) is 5.75 Å². The number of phenols is 1. The molecule has 0 aliphatic heterocycles. The number of allylic oxidation sites excluding steroid dienone is 1. The molecular formula is C26H30ClNO. The number of hydrogen-bond donors (Lipinski definition) is 1. The molecule has 2 nitrogen and oxygen atoms in total. The molecule has 1 atom stereocenters. The second-order valence-corrected chi connectivity index (χ2v) is 8.27. The summed E-state index contributed by atoms with van der Waals surface area (Å²) >= 11 is 0. The smallest absolute Gasteiger partial charge is 0.116 e. The van der Waals surface area contributed by atoms with E-state index in [1.165, 1.54) is 45.9 Å². The summed E-state index contributed by atoms with van der Waals surface area (Å²) in [6.45, 7) is 0.982. The maximum Gasteiger partial charge on any atom is 0.116 e. The summed E-state index contributed by atoms with van der Waals surface area (Å²) in [6.07, 6.45) is 4.58. The highest BCUT2D eigenvalue weighted by molar-refractivity contribution is 5.85. The van der Waals surface area contributed by atoms with Gasteiger partial charge in [0.15, 0.2) is 0 Å². The maximum absolute atomic E-state index is 10.1. The van der Waals surface area contributed by atoms with Crippen molar-refractivity contribution < 1.29 is 5.11 Å². The first-order chi connectivity index (χ1) is 13.6. The van der Waals surface area contributed by atoms with Crippen molar-refractivity contribution in [2.45, 2.75) is 31.6 Å². The molecule has 0 aromatic heterocycles. The van der Waals surface area contributed by atoms with E-state index in [-0.39, 0.29) is 12.4 Å². The Kier molecular flexibility index (Phi) is 7.00. The topological polar surface area (TPSA) is 23.5 Å². The molecule has 152 valence electrons. The van der Waals surface area contributed by atoms with Crippen molar-refractivity contribution in [2.75, 3.05) is 20.6 Å². The molecule has 0 bridgehead atoms. The van der Waals surface area contributed by atoms with Gasteiger partial charge in [-0.2, -0.15) is 0 Å². The van der Waals surface area contributed by atoms with Crippen molar-refractivity contribution in [1.82, 2.24) is 4.90 Å². The number of fused-ring (bicyclic) bond motifs is 1. The van der Waals surface area contributed by atoms with Gasteiger partial charge < -0.3 is 10.0 Å². The van der Waals surface area contributed by atoms with Crippen molar-refractivity contribution in [2.24, 2.45) is 0 Å². The van der Waals surface area contributed by atoms with E-state index in [2.05, 4.69) is 67.5 Å². The molecule has 3 heteroatoms. The fraction of sp³-hybridized carbons (Fsp3) is 0.308. The Morgan fingerprint density at radius 3 is 2.48 bits per heavy atom. The highest BCUT2D eigenvalue weighted by atomic mass is 35.5. The average Bonchev–Trinajstić information content (AvgIpc) is 2.90. The first-order valence-corrected chi connectivity index (χ1v) is 10.2. The maximum atomic E-state index is 10.1. The molecule has 0 fully saturated rings. The molecule has 0 amide bonds. The molecule has 3 aromatic rings. The van der Waals surface area contributed by atoms with Crippen LogP contribution < -0.4 is 0 Å². The van der Waals surface area contributed by atoms with Gasteiger partial charge in [0.1, 0.15) is 5.75 Å². The van der Waals surface area contributed by atoms with Gasteiger partial charge in [-0.3, -0.25) is 0 Å². The quantitative estimate of drug-likeness (QED) is 0.523. The molecule has 0 saturated heterocycles. The Morgan fingerprint density at radius 2 is 1.72 bits per heavy atom. The van der Waals surface area contributed by atoms with Crippen LogP contribution in [0, 0.1) is 0 Å². The van der Waals surface area contributed by atoms with Crippen LogP contribution >= 0.6 is 12.4 Å². The summed E-state index contributed by atoms with van der Waals surface area (Å²) in [7, 11) is 4.28. The fourth-order valence-corrected chi connectivity index (χ4v) is 4.52. The molecule has 0 radical (unpaired) electrons. The van der Waals surface area contributed by atoms with Crippen LogP contribution in [0.3, 0.4) is 0 Å². The molecule has 1 N–H and O–H groups in total. The van der Waals surface area contributed by atoms with Crippen molar-refractivity contribution in [1.29, 1.82) is 0 Å². The molecule has 1 aliphatic carbocycles. The molecule has 0 heterocycles. The Labute approximate surface area is 180 Å². The van der Waals surface area contributed by atoms with Gasteiger partial charge in [0.05, 0.1) is 0 Å². The highest BCUT2D eigenvalue weighted by Gasteiger charge is 2.22. The van der Waals surface area contributed by atoms with Gasteiger partial charge in [0.25, 0.3) is 0 Å². The summed E-state index contributed by atoms with van der Waals surface area (Å²) < 4.78 is 0. The predicted octanol–water partition coefficient (Wildman–Crippen LogP) is 6.64. The molecule has 0 saturated carbocycles. The van der Waals surface area contributed by atoms with Crippen LogP contribution in [0.15, 0.2) is 72.3 Å². The van der Waals surface area contributed by atoms with E-state index in [4.69, 9.17) is 0 Å². The molecule has 1 unspecified atom stereocenters. The SMILES string of the molecule is CN(C)CC1=C(c2cccc(O)c2)CC(c2ccc3ccccc3c2)CCC1.Cl. The lowest BCUT2D eigenvalue weighted by atomic mass is 9.86. The van der Waals surface area contributed by atoms with Gasteiger partial charge in [-0.05, 0) is 85.3 Å². The van der Waals surface area contributed by atoms with Gasteiger partial charge in [-0.15, -0.1) is 12.4 Å². The molecule has 3 aromatic carbocycles. The van der Waals surface area contributed by atoms with Crippen LogP contribution in [0.25, 0.3) is 16.3 Å². The standard InChI is InChI=1S/C26H29NO.ClH/c1-27(2)18-24-11-5-9-21(17-26(24)23-10-6-12-25(28)16-23)22-14-13-19-7-3-4-8-20(19)15-22;/h3-4,6-8,10,12-16,21,28H,5,9,11,17-18H2,1-2H3;1H. The van der Waals surface area contributed by atoms with E-state index in [1.54, 1.807) is 6.07 Å². The fourth-order valence-electron chi connectivity index (χ4n) is 4.52. The minimum Gasteiger partial charge on any atom is -0.508 e. The molecule has 0 spiro atoms. The minimum atomic E-state index is 0. The molecule has 29 heavy (non-hydrogen) atoms. The number of halogens is 1. The number of hydrogen-bond acceptors (Lipinski definition) is 2. The Balaban J connectivity index is 0.00000240. The van der Waals surface area contributed by atoms with E-state index in [0.717, 1.165) is 19.4 Å². The first kappa shape index (κ1) is 21.4. The lowest BCUT2D eigenvalue weighted by Gasteiger charge is -2.20. The number of phenolic OH excluding ortho intramolecular Hbond substituents is 1. The van der Waals surface area contributed by atoms with Crippen LogP contribution in [0.4, 0.5) is 0 Å². The summed E-state index contributed by atoms with van der Waals surface area (Å²) in [5, 5.41) is 12.7. The summed E-state index contributed by atoms with van der Waals surface area (Å²) in [4.78, 5) is 2.26. The lowest BCUT2D eigenvalue weighted by molar-refractivity contribution is 0.438. The van der Waals surface area contributed by atoms with Crippen LogP contribution in [-0.4, -0.2) is 30.6 Å². The second kappa shape index (κ2) is 9.47. The first-order valence-electron chi connectivity index (χ1n) is 10.2. The van der Waals surface area contributed by atoms with Crippen LogP contribution in [0.5, 0.6) is 5.75 Å². The van der Waals surface area contributed by atoms with Gasteiger partial charge in [-0.1, -0.05) is 60.2 Å². The zero-order valence-corrected chi connectivity index (χ0v) is 18.1. The Hall–Kier alpha value is -2.29. The van der Waals surface area contributed by atoms with Crippen LogP contribution in [0.2, 0.25) is 0 Å². The molecule has 4 rings (SSSR count). The van der Waals surface area contributed by atoms with Gasteiger partial charge in [0.2, 0.25) is 0 Å². The van der Waals surface area contributed by atoms with E-state index in [1.807, 2.05) is 12.1 Å². The number of nitrogens with zero attached hydrogens (tertiary/aromatic N) is 1. The third kappa shape index (κ3) is 5.01.